The summed E-state index contributed by atoms with van der Waals surface area (Å²) in [6.45, 7) is 1.71. The van der Waals surface area contributed by atoms with Crippen LogP contribution < -0.4 is 14.8 Å². The Balaban J connectivity index is 1.54. The number of carbonyl (C=O) groups is 1. The number of rotatable bonds is 7. The third kappa shape index (κ3) is 4.64. The third-order valence-electron chi connectivity index (χ3n) is 5.74. The van der Waals surface area contributed by atoms with Gasteiger partial charge in [-0.15, -0.1) is 0 Å². The molecule has 1 aliphatic heterocycles. The highest BCUT2D eigenvalue weighted by Gasteiger charge is 2.49. The Morgan fingerprint density at radius 2 is 2.03 bits per heavy atom. The van der Waals surface area contributed by atoms with Gasteiger partial charge in [-0.2, -0.15) is 21.6 Å². The van der Waals surface area contributed by atoms with E-state index >= 15 is 0 Å². The molecule has 1 amide bonds. The number of halogens is 3. The molecule has 1 unspecified atom stereocenters. The van der Waals surface area contributed by atoms with Gasteiger partial charge in [-0.05, 0) is 67.7 Å². The van der Waals surface area contributed by atoms with Crippen molar-refractivity contribution in [1.29, 1.82) is 0 Å². The number of alkyl halides is 3. The van der Waals surface area contributed by atoms with Gasteiger partial charge < -0.3 is 14.8 Å². The minimum absolute atomic E-state index is 0.180. The zero-order valence-corrected chi connectivity index (χ0v) is 17.1. The van der Waals surface area contributed by atoms with E-state index in [1.54, 1.807) is 6.92 Å². The van der Waals surface area contributed by atoms with E-state index in [-0.39, 0.29) is 11.9 Å². The first-order valence-corrected chi connectivity index (χ1v) is 11.3. The van der Waals surface area contributed by atoms with Crippen molar-refractivity contribution in [2.75, 3.05) is 0 Å². The number of hydrogen-bond acceptors (Lipinski definition) is 5. The summed E-state index contributed by atoms with van der Waals surface area (Å²) in [6, 6.07) is 3.48. The molecule has 3 fully saturated rings. The molecule has 0 radical (unpaired) electrons. The number of amides is 1. The third-order valence-corrected chi connectivity index (χ3v) is 6.71. The normalized spacial score (nSPS) is 27.0. The molecule has 0 aromatic heterocycles. The van der Waals surface area contributed by atoms with Crippen molar-refractivity contribution in [3.63, 3.8) is 0 Å². The Morgan fingerprint density at radius 1 is 1.30 bits per heavy atom. The maximum absolute atomic E-state index is 12.7. The number of nitrogens with one attached hydrogen (secondary N) is 2. The van der Waals surface area contributed by atoms with Gasteiger partial charge in [0.15, 0.2) is 0 Å². The summed E-state index contributed by atoms with van der Waals surface area (Å²) in [5.41, 5.74) is -4.35. The molecular weight excluding hydrogens is 421 g/mol. The van der Waals surface area contributed by atoms with E-state index in [0.29, 0.717) is 29.0 Å². The molecule has 3 aliphatic rings. The number of benzene rings is 1. The minimum atomic E-state index is -5.77. The lowest BCUT2D eigenvalue weighted by Crippen LogP contribution is -2.43. The zero-order valence-electron chi connectivity index (χ0n) is 16.3. The van der Waals surface area contributed by atoms with Crippen LogP contribution >= 0.6 is 0 Å². The Kier molecular flexibility index (Phi) is 5.34. The van der Waals surface area contributed by atoms with Gasteiger partial charge in [0, 0.05) is 6.04 Å². The topological polar surface area (TPSA) is 84.5 Å². The smallest absolute Gasteiger partial charge is 0.376 e. The van der Waals surface area contributed by atoms with Crippen molar-refractivity contribution in [1.82, 2.24) is 10.6 Å². The number of hydrogen-bond donors (Lipinski definition) is 2. The van der Waals surface area contributed by atoms with Gasteiger partial charge in [-0.25, -0.2) is 0 Å². The van der Waals surface area contributed by atoms with E-state index in [2.05, 4.69) is 14.8 Å². The molecule has 1 aromatic rings. The molecule has 4 atom stereocenters. The zero-order chi connectivity index (χ0) is 21.7. The van der Waals surface area contributed by atoms with Crippen LogP contribution in [0.25, 0.3) is 6.08 Å². The maximum atomic E-state index is 12.7. The van der Waals surface area contributed by atoms with E-state index in [9.17, 15) is 26.4 Å². The van der Waals surface area contributed by atoms with Crippen molar-refractivity contribution in [2.24, 2.45) is 11.8 Å². The van der Waals surface area contributed by atoms with Crippen molar-refractivity contribution >= 4 is 22.1 Å². The summed E-state index contributed by atoms with van der Waals surface area (Å²) in [5.74, 6) is 0.379. The van der Waals surface area contributed by atoms with Crippen molar-refractivity contribution < 1.29 is 30.6 Å². The summed E-state index contributed by atoms with van der Waals surface area (Å²) in [4.78, 5) is 12.6. The SMILES string of the molecule is C[C@H](NC(=O)C1C[C@H]2C[C@H]2N1)c1cc(OS(=O)(=O)C(F)(F)F)ccc1/C=C/C1CC1. The molecule has 1 aromatic carbocycles. The Morgan fingerprint density at radius 3 is 2.63 bits per heavy atom. The summed E-state index contributed by atoms with van der Waals surface area (Å²) < 4.78 is 65.0. The minimum Gasteiger partial charge on any atom is -0.376 e. The van der Waals surface area contributed by atoms with Crippen LogP contribution in [0.4, 0.5) is 13.2 Å². The highest BCUT2D eigenvalue weighted by atomic mass is 32.2. The van der Waals surface area contributed by atoms with Crippen LogP contribution in [-0.2, 0) is 14.9 Å². The van der Waals surface area contributed by atoms with Crippen molar-refractivity contribution in [3.8, 4) is 5.75 Å². The molecule has 30 heavy (non-hydrogen) atoms. The van der Waals surface area contributed by atoms with Gasteiger partial charge in [0.1, 0.15) is 5.75 Å². The van der Waals surface area contributed by atoms with Gasteiger partial charge in [0.25, 0.3) is 0 Å². The summed E-state index contributed by atoms with van der Waals surface area (Å²) in [6.07, 6.45) is 7.87. The molecule has 1 heterocycles. The highest BCUT2D eigenvalue weighted by Crippen LogP contribution is 2.41. The first kappa shape index (κ1) is 21.2. The molecule has 1 saturated heterocycles. The molecular formula is C20H23F3N2O4S. The Hall–Kier alpha value is -2.07. The van der Waals surface area contributed by atoms with Crippen LogP contribution in [0.15, 0.2) is 24.3 Å². The average molecular weight is 444 g/mol. The quantitative estimate of drug-likeness (QED) is 0.498. The highest BCUT2D eigenvalue weighted by molar-refractivity contribution is 7.88. The van der Waals surface area contributed by atoms with E-state index in [1.807, 2.05) is 12.2 Å². The standard InChI is InChI=1S/C20H23F3N2O4S/c1-11(24-19(26)18-9-14-8-17(14)25-18)16-10-15(29-30(27,28)20(21,22)23)7-6-13(16)5-4-12-2-3-12/h4-7,10-12,14,17-18,25H,2-3,8-9H2,1H3,(H,24,26)/b5-4+/t11-,14+,17+,18?/m0/s1. The van der Waals surface area contributed by atoms with Crippen molar-refractivity contribution in [3.05, 3.63) is 35.4 Å². The molecule has 4 rings (SSSR count). The fraction of sp³-hybridized carbons (Fsp3) is 0.550. The first-order chi connectivity index (χ1) is 14.0. The van der Waals surface area contributed by atoms with Crippen LogP contribution in [0.2, 0.25) is 0 Å². The summed E-state index contributed by atoms with van der Waals surface area (Å²) in [5, 5.41) is 6.13. The monoisotopic (exact) mass is 444 g/mol. The Bertz CT molecular complexity index is 963. The number of piperidine rings is 1. The van der Waals surface area contributed by atoms with E-state index < -0.39 is 27.4 Å². The summed E-state index contributed by atoms with van der Waals surface area (Å²) in [7, 11) is -5.77. The van der Waals surface area contributed by atoms with Gasteiger partial charge in [0.05, 0.1) is 12.1 Å². The van der Waals surface area contributed by atoms with Gasteiger partial charge in [-0.1, -0.05) is 18.2 Å². The molecule has 2 saturated carbocycles. The predicted octanol–water partition coefficient (Wildman–Crippen LogP) is 3.27. The van der Waals surface area contributed by atoms with Gasteiger partial charge >= 0.3 is 15.6 Å². The lowest BCUT2D eigenvalue weighted by atomic mass is 9.99. The van der Waals surface area contributed by atoms with Crippen molar-refractivity contribution in [2.45, 2.75) is 56.2 Å². The second kappa shape index (κ2) is 7.56. The second-order valence-electron chi connectivity index (χ2n) is 8.26. The van der Waals surface area contributed by atoms with Crippen LogP contribution in [0.5, 0.6) is 5.75 Å². The fourth-order valence-corrected chi connectivity index (χ4v) is 4.20. The number of allylic oxidation sites excluding steroid dienone is 1. The molecule has 2 aliphatic carbocycles. The van der Waals surface area contributed by atoms with Crippen LogP contribution in [-0.4, -0.2) is 31.9 Å². The van der Waals surface area contributed by atoms with E-state index in [1.165, 1.54) is 18.2 Å². The average Bonchev–Trinajstić information content (AvgIpc) is 3.58. The first-order valence-electron chi connectivity index (χ1n) is 9.93. The van der Waals surface area contributed by atoms with Crippen LogP contribution in [0.3, 0.4) is 0 Å². The molecule has 6 nitrogen and oxygen atoms in total. The van der Waals surface area contributed by atoms with Gasteiger partial charge in [-0.3, -0.25) is 4.79 Å². The summed E-state index contributed by atoms with van der Waals surface area (Å²) >= 11 is 0. The van der Waals surface area contributed by atoms with E-state index in [0.717, 1.165) is 25.7 Å². The maximum Gasteiger partial charge on any atom is 0.534 e. The number of carbonyl (C=O) groups excluding carboxylic acids is 1. The van der Waals surface area contributed by atoms with Crippen LogP contribution in [0, 0.1) is 11.8 Å². The molecule has 2 N–H and O–H groups in total. The molecule has 164 valence electrons. The lowest BCUT2D eigenvalue weighted by Gasteiger charge is -2.21. The molecule has 0 bridgehead atoms. The van der Waals surface area contributed by atoms with Gasteiger partial charge in [0.2, 0.25) is 5.91 Å². The second-order valence-corrected chi connectivity index (χ2v) is 9.80. The van der Waals surface area contributed by atoms with Crippen LogP contribution in [0.1, 0.15) is 49.8 Å². The molecule has 10 heteroatoms. The van der Waals surface area contributed by atoms with E-state index in [4.69, 9.17) is 0 Å². The lowest BCUT2D eigenvalue weighted by molar-refractivity contribution is -0.123. The largest absolute Gasteiger partial charge is 0.534 e. The Labute approximate surface area is 173 Å². The molecule has 0 spiro atoms. The predicted molar refractivity (Wildman–Crippen MR) is 104 cm³/mol. The number of fused-ring (bicyclic) bond motifs is 1. The fourth-order valence-electron chi connectivity index (χ4n) is 3.75.